The third-order valence-electron chi connectivity index (χ3n) is 3.61. The van der Waals surface area contributed by atoms with Crippen molar-refractivity contribution < 1.29 is 14.3 Å². The minimum absolute atomic E-state index is 0.0823. The number of amides is 2. The Bertz CT molecular complexity index is 821. The molecule has 2 aromatic rings. The molecule has 0 bridgehead atoms. The van der Waals surface area contributed by atoms with Gasteiger partial charge in [0, 0.05) is 24.5 Å². The fraction of sp³-hybridized carbons (Fsp3) is 0.222. The summed E-state index contributed by atoms with van der Waals surface area (Å²) in [4.78, 5) is 31.7. The lowest BCUT2D eigenvalue weighted by Gasteiger charge is -2.14. The quantitative estimate of drug-likeness (QED) is 0.495. The first-order valence-corrected chi connectivity index (χ1v) is 7.92. The van der Waals surface area contributed by atoms with Gasteiger partial charge in [0.05, 0.1) is 5.69 Å². The lowest BCUT2D eigenvalue weighted by molar-refractivity contribution is -0.123. The number of hydrogen-bond donors (Lipinski definition) is 3. The maximum Gasteiger partial charge on any atom is 0.270 e. The van der Waals surface area contributed by atoms with Crippen LogP contribution in [0.15, 0.2) is 47.6 Å². The number of carbonyl (C=O) groups is 2. The number of nitrogens with two attached hydrogens (primary N) is 2. The molecule has 0 radical (unpaired) electrons. The molecule has 2 rings (SSSR count). The van der Waals surface area contributed by atoms with Crippen molar-refractivity contribution in [3.63, 3.8) is 0 Å². The topological polar surface area (TPSA) is 133 Å². The molecule has 8 heteroatoms. The van der Waals surface area contributed by atoms with Gasteiger partial charge in [-0.25, -0.2) is 0 Å². The minimum atomic E-state index is -0.830. The lowest BCUT2D eigenvalue weighted by atomic mass is 10.1. The van der Waals surface area contributed by atoms with Gasteiger partial charge in [-0.15, -0.1) is 0 Å². The van der Waals surface area contributed by atoms with E-state index in [2.05, 4.69) is 15.3 Å². The third kappa shape index (κ3) is 4.79. The molecule has 0 saturated carbocycles. The van der Waals surface area contributed by atoms with Crippen molar-refractivity contribution >= 4 is 23.2 Å². The minimum Gasteiger partial charge on any atom is -0.487 e. The van der Waals surface area contributed by atoms with Gasteiger partial charge in [0.15, 0.2) is 0 Å². The highest BCUT2D eigenvalue weighted by Gasteiger charge is 2.20. The number of hydrogen-bond acceptors (Lipinski definition) is 6. The van der Waals surface area contributed by atoms with Crippen molar-refractivity contribution in [3.8, 4) is 5.75 Å². The maximum absolute atomic E-state index is 12.4. The van der Waals surface area contributed by atoms with Gasteiger partial charge in [-0.05, 0) is 37.3 Å². The first-order valence-electron chi connectivity index (χ1n) is 7.92. The highest BCUT2D eigenvalue weighted by atomic mass is 16.5. The van der Waals surface area contributed by atoms with Crippen LogP contribution >= 0.6 is 0 Å². The van der Waals surface area contributed by atoms with Crippen LogP contribution in [0.5, 0.6) is 5.75 Å². The molecule has 8 nitrogen and oxygen atoms in total. The predicted molar refractivity (Wildman–Crippen MR) is 98.7 cm³/mol. The summed E-state index contributed by atoms with van der Waals surface area (Å²) >= 11 is 0. The Labute approximate surface area is 151 Å². The number of rotatable bonds is 7. The normalized spacial score (nSPS) is 12.3. The molecule has 1 atom stereocenters. The summed E-state index contributed by atoms with van der Waals surface area (Å²) in [6, 6.07) is 9.64. The monoisotopic (exact) mass is 355 g/mol. The number of pyridine rings is 1. The maximum atomic E-state index is 12.4. The smallest absolute Gasteiger partial charge is 0.270 e. The molecular weight excluding hydrogens is 334 g/mol. The molecular formula is C18H21N5O3. The summed E-state index contributed by atoms with van der Waals surface area (Å²) in [7, 11) is 1.46. The second-order valence-electron chi connectivity index (χ2n) is 5.53. The number of aromatic nitrogens is 1. The molecule has 0 unspecified atom stereocenters. The largest absolute Gasteiger partial charge is 0.487 e. The van der Waals surface area contributed by atoms with Crippen molar-refractivity contribution in [2.75, 3.05) is 12.8 Å². The van der Waals surface area contributed by atoms with Gasteiger partial charge in [-0.2, -0.15) is 0 Å². The number of carbonyl (C=O) groups excluding carboxylic acids is 2. The van der Waals surface area contributed by atoms with E-state index in [4.69, 9.17) is 16.2 Å². The molecule has 0 saturated heterocycles. The van der Waals surface area contributed by atoms with Crippen LogP contribution in [-0.2, 0) is 16.2 Å². The van der Waals surface area contributed by atoms with E-state index < -0.39 is 17.9 Å². The van der Waals surface area contributed by atoms with E-state index in [0.717, 1.165) is 5.69 Å². The van der Waals surface area contributed by atoms with E-state index in [1.165, 1.54) is 14.0 Å². The van der Waals surface area contributed by atoms with Crippen LogP contribution in [0.3, 0.4) is 0 Å². The fourth-order valence-electron chi connectivity index (χ4n) is 2.15. The Balaban J connectivity index is 2.19. The van der Waals surface area contributed by atoms with Gasteiger partial charge < -0.3 is 21.5 Å². The average Bonchev–Trinajstić information content (AvgIpc) is 2.63. The van der Waals surface area contributed by atoms with Crippen LogP contribution in [0.2, 0.25) is 0 Å². The number of nitrogens with zero attached hydrogens (tertiary/aromatic N) is 2. The number of anilines is 1. The van der Waals surface area contributed by atoms with Crippen LogP contribution < -0.4 is 21.5 Å². The van der Waals surface area contributed by atoms with E-state index in [-0.39, 0.29) is 12.3 Å². The Morgan fingerprint density at radius 1 is 1.31 bits per heavy atom. The first-order chi connectivity index (χ1) is 12.4. The summed E-state index contributed by atoms with van der Waals surface area (Å²) in [5.41, 5.74) is 12.8. The van der Waals surface area contributed by atoms with Gasteiger partial charge in [-0.1, -0.05) is 6.07 Å². The summed E-state index contributed by atoms with van der Waals surface area (Å²) in [5, 5.41) is 2.48. The molecule has 1 heterocycles. The first kappa shape index (κ1) is 18.9. The number of primary amides is 1. The van der Waals surface area contributed by atoms with E-state index in [9.17, 15) is 9.59 Å². The van der Waals surface area contributed by atoms with E-state index in [1.54, 1.807) is 24.4 Å². The van der Waals surface area contributed by atoms with Gasteiger partial charge in [0.25, 0.3) is 5.91 Å². The Kier molecular flexibility index (Phi) is 6.26. The number of aliphatic imine (C=N–C) groups is 1. The van der Waals surface area contributed by atoms with Crippen molar-refractivity contribution in [1.29, 1.82) is 0 Å². The summed E-state index contributed by atoms with van der Waals surface area (Å²) in [6.45, 7) is 1.76. The molecule has 1 aromatic carbocycles. The molecule has 5 N–H and O–H groups in total. The lowest BCUT2D eigenvalue weighted by Crippen LogP contribution is -2.45. The molecule has 0 spiro atoms. The van der Waals surface area contributed by atoms with E-state index >= 15 is 0 Å². The van der Waals surface area contributed by atoms with Crippen molar-refractivity contribution in [2.24, 2.45) is 10.7 Å². The molecule has 0 aliphatic carbocycles. The summed E-state index contributed by atoms with van der Waals surface area (Å²) < 4.78 is 5.70. The van der Waals surface area contributed by atoms with Crippen LogP contribution in [0, 0.1) is 0 Å². The molecule has 0 aliphatic rings. The molecule has 0 aliphatic heterocycles. The van der Waals surface area contributed by atoms with Gasteiger partial charge in [-0.3, -0.25) is 19.6 Å². The number of nitrogens with one attached hydrogen (secondary N) is 1. The zero-order valence-corrected chi connectivity index (χ0v) is 14.6. The predicted octanol–water partition coefficient (Wildman–Crippen LogP) is 0.652. The number of nitrogen functional groups attached to an aromatic ring is 1. The zero-order valence-electron chi connectivity index (χ0n) is 14.6. The molecule has 136 valence electrons. The van der Waals surface area contributed by atoms with Gasteiger partial charge in [0.2, 0.25) is 5.91 Å². The van der Waals surface area contributed by atoms with Crippen molar-refractivity contribution in [1.82, 2.24) is 10.3 Å². The Hall–Kier alpha value is -3.42. The van der Waals surface area contributed by atoms with Crippen LogP contribution in [-0.4, -0.2) is 35.6 Å². The zero-order chi connectivity index (χ0) is 19.1. The standard InChI is InChI=1S/C18H21N5O3/c1-11(17(20)24)23-18(25)16(21-2)14-9-13(6-7-15(14)19)26-10-12-5-3-4-8-22-12/h3-9,11H,10,19H2,1-2H3,(H2,20,24)(H,23,25)/t11-/m0/s1. The summed E-state index contributed by atoms with van der Waals surface area (Å²) in [6.07, 6.45) is 1.68. The van der Waals surface area contributed by atoms with E-state index in [1.807, 2.05) is 18.2 Å². The molecule has 0 fully saturated rings. The molecule has 1 aromatic heterocycles. The SMILES string of the molecule is CN=C(C(=O)N[C@@H](C)C(N)=O)c1cc(OCc2ccccn2)ccc1N. The van der Waals surface area contributed by atoms with Gasteiger partial charge in [0.1, 0.15) is 24.1 Å². The van der Waals surface area contributed by atoms with Crippen LogP contribution in [0.1, 0.15) is 18.2 Å². The highest BCUT2D eigenvalue weighted by Crippen LogP contribution is 2.21. The summed E-state index contributed by atoms with van der Waals surface area (Å²) in [5.74, 6) is -0.682. The Morgan fingerprint density at radius 2 is 2.08 bits per heavy atom. The second kappa shape index (κ2) is 8.61. The average molecular weight is 355 g/mol. The van der Waals surface area contributed by atoms with Gasteiger partial charge >= 0.3 is 0 Å². The third-order valence-corrected chi connectivity index (χ3v) is 3.61. The molecule has 2 amide bonds. The second-order valence-corrected chi connectivity index (χ2v) is 5.53. The Morgan fingerprint density at radius 3 is 2.69 bits per heavy atom. The van der Waals surface area contributed by atoms with Crippen LogP contribution in [0.4, 0.5) is 5.69 Å². The number of benzene rings is 1. The highest BCUT2D eigenvalue weighted by molar-refractivity contribution is 6.46. The van der Waals surface area contributed by atoms with Crippen molar-refractivity contribution in [3.05, 3.63) is 53.9 Å². The molecule has 26 heavy (non-hydrogen) atoms. The van der Waals surface area contributed by atoms with Crippen molar-refractivity contribution in [2.45, 2.75) is 19.6 Å². The van der Waals surface area contributed by atoms with E-state index in [0.29, 0.717) is 17.0 Å². The number of ether oxygens (including phenoxy) is 1. The fourth-order valence-corrected chi connectivity index (χ4v) is 2.15. The van der Waals surface area contributed by atoms with Crippen LogP contribution in [0.25, 0.3) is 0 Å².